The second-order valence-corrected chi connectivity index (χ2v) is 12.2. The Balaban J connectivity index is 1.63. The van der Waals surface area contributed by atoms with Crippen LogP contribution in [0.3, 0.4) is 0 Å². The number of rotatable bonds is 12. The number of esters is 2. The number of carbonyl (C=O) groups is 2. The molecule has 0 unspecified atom stereocenters. The summed E-state index contributed by atoms with van der Waals surface area (Å²) in [4.78, 5) is 44.4. The summed E-state index contributed by atoms with van der Waals surface area (Å²) >= 11 is 4.75. The summed E-state index contributed by atoms with van der Waals surface area (Å²) in [5.74, 6) is 0.117. The number of hydrogen-bond donors (Lipinski definition) is 0. The second kappa shape index (κ2) is 15.3. The smallest absolute Gasteiger partial charge is 0.343 e. The number of hydrogen-bond acceptors (Lipinski definition) is 10. The van der Waals surface area contributed by atoms with Crippen LogP contribution in [0, 0.1) is 0 Å². The number of methoxy groups -OCH3 is 1. The maximum absolute atomic E-state index is 14.2. The molecule has 5 rings (SSSR count). The monoisotopic (exact) mass is 720 g/mol. The third-order valence-electron chi connectivity index (χ3n) is 7.17. The average Bonchev–Trinajstić information content (AvgIpc) is 3.37. The van der Waals surface area contributed by atoms with Crippen molar-refractivity contribution in [2.75, 3.05) is 26.9 Å². The molecule has 0 amide bonds. The zero-order valence-corrected chi connectivity index (χ0v) is 28.7. The number of halogens is 1. The van der Waals surface area contributed by atoms with Gasteiger partial charge in [0.1, 0.15) is 12.4 Å². The fourth-order valence-corrected chi connectivity index (χ4v) is 6.44. The maximum atomic E-state index is 14.2. The van der Waals surface area contributed by atoms with E-state index in [2.05, 4.69) is 25.7 Å². The summed E-state index contributed by atoms with van der Waals surface area (Å²) in [5.41, 5.74) is 2.59. The third-order valence-corrected chi connectivity index (χ3v) is 8.65. The van der Waals surface area contributed by atoms with Crippen molar-refractivity contribution in [2.45, 2.75) is 33.4 Å². The van der Waals surface area contributed by atoms with Gasteiger partial charge in [-0.15, -0.1) is 0 Å². The Hall–Kier alpha value is -4.68. The van der Waals surface area contributed by atoms with E-state index in [4.69, 9.17) is 18.9 Å². The van der Waals surface area contributed by atoms with Crippen LogP contribution in [0.15, 0.2) is 92.3 Å². The molecule has 1 aliphatic heterocycles. The predicted octanol–water partition coefficient (Wildman–Crippen LogP) is 5.09. The van der Waals surface area contributed by atoms with E-state index in [0.29, 0.717) is 56.6 Å². The lowest BCUT2D eigenvalue weighted by atomic mass is 9.95. The van der Waals surface area contributed by atoms with Gasteiger partial charge >= 0.3 is 11.9 Å². The van der Waals surface area contributed by atoms with Crippen molar-refractivity contribution in [1.82, 2.24) is 4.57 Å². The maximum Gasteiger partial charge on any atom is 0.343 e. The highest BCUT2D eigenvalue weighted by molar-refractivity contribution is 9.10. The summed E-state index contributed by atoms with van der Waals surface area (Å²) in [6, 6.07) is 19.6. The first kappa shape index (κ1) is 33.7. The van der Waals surface area contributed by atoms with Crippen molar-refractivity contribution < 1.29 is 33.3 Å². The summed E-state index contributed by atoms with van der Waals surface area (Å²) in [7, 11) is 1.27. The lowest BCUT2D eigenvalue weighted by molar-refractivity contribution is -0.143. The zero-order valence-electron chi connectivity index (χ0n) is 26.3. The summed E-state index contributed by atoms with van der Waals surface area (Å²) in [6.07, 6.45) is 1.77. The molecule has 0 N–H and O–H groups in total. The molecule has 0 fully saturated rings. The lowest BCUT2D eigenvalue weighted by Gasteiger charge is -2.25. The van der Waals surface area contributed by atoms with Gasteiger partial charge in [0.05, 0.1) is 42.2 Å². The van der Waals surface area contributed by atoms with Crippen molar-refractivity contribution in [2.24, 2.45) is 4.99 Å². The highest BCUT2D eigenvalue weighted by Gasteiger charge is 2.34. The van der Waals surface area contributed by atoms with Crippen LogP contribution in [0.2, 0.25) is 0 Å². The molecule has 1 aromatic heterocycles. The molecule has 1 aliphatic rings. The van der Waals surface area contributed by atoms with Crippen LogP contribution in [0.25, 0.3) is 6.08 Å². The number of aromatic nitrogens is 1. The van der Waals surface area contributed by atoms with Gasteiger partial charge in [-0.3, -0.25) is 9.36 Å². The van der Waals surface area contributed by atoms with Gasteiger partial charge in [-0.1, -0.05) is 63.7 Å². The number of allylic oxidation sites excluding steroid dienone is 1. The number of benzene rings is 3. The van der Waals surface area contributed by atoms with Crippen molar-refractivity contribution >= 4 is 45.3 Å². The molecular formula is C35H33BrN2O8S. The molecule has 1 atom stereocenters. The molecule has 0 saturated heterocycles. The molecule has 0 aliphatic carbocycles. The molecule has 3 aromatic carbocycles. The minimum absolute atomic E-state index is 0.145. The average molecular weight is 722 g/mol. The summed E-state index contributed by atoms with van der Waals surface area (Å²) in [6.45, 7) is 5.74. The molecule has 0 saturated carbocycles. The molecule has 12 heteroatoms. The number of fused-ring (bicyclic) bond motifs is 1. The molecule has 0 spiro atoms. The zero-order chi connectivity index (χ0) is 33.5. The normalized spacial score (nSPS) is 14.2. The summed E-state index contributed by atoms with van der Waals surface area (Å²) in [5, 5.41) is 0. The van der Waals surface area contributed by atoms with E-state index < -0.39 is 18.0 Å². The molecule has 0 radical (unpaired) electrons. The van der Waals surface area contributed by atoms with Gasteiger partial charge in [0, 0.05) is 10.0 Å². The molecule has 244 valence electrons. The SMILES string of the molecule is CCOC(=O)C1=C(C)N=c2s/c(=C\c3cc(Br)ccc3OCc3ccccc3)c(=O)n2[C@@H]1c1ccc(OCC(=O)OC)c(OCC)c1. The Morgan fingerprint density at radius 3 is 2.45 bits per heavy atom. The van der Waals surface area contributed by atoms with Crippen LogP contribution in [0.4, 0.5) is 0 Å². The van der Waals surface area contributed by atoms with Crippen LogP contribution in [-0.4, -0.2) is 43.4 Å². The lowest BCUT2D eigenvalue weighted by Crippen LogP contribution is -2.40. The van der Waals surface area contributed by atoms with Crippen LogP contribution in [0.5, 0.6) is 17.2 Å². The standard InChI is InChI=1S/C35H33BrN2O8S/c1-5-43-28-17-23(12-14-27(28)46-20-30(39)42-4)32-31(34(41)44-6-2)21(3)37-35-38(32)33(40)29(47-35)18-24-16-25(36)13-15-26(24)45-19-22-10-8-7-9-11-22/h7-18,32H,5-6,19-20H2,1-4H3/b29-18-/t32-/m1/s1. The van der Waals surface area contributed by atoms with E-state index in [0.717, 1.165) is 10.0 Å². The fraction of sp³-hybridized carbons (Fsp3) is 0.257. The highest BCUT2D eigenvalue weighted by Crippen LogP contribution is 2.36. The fourth-order valence-electron chi connectivity index (χ4n) is 5.02. The first-order valence-corrected chi connectivity index (χ1v) is 16.5. The Labute approximate surface area is 283 Å². The predicted molar refractivity (Wildman–Crippen MR) is 180 cm³/mol. The van der Waals surface area contributed by atoms with Crippen LogP contribution < -0.4 is 29.1 Å². The first-order chi connectivity index (χ1) is 22.7. The van der Waals surface area contributed by atoms with Gasteiger partial charge < -0.3 is 23.7 Å². The van der Waals surface area contributed by atoms with Gasteiger partial charge in [-0.05, 0) is 68.3 Å². The molecule has 0 bridgehead atoms. The number of thiazole rings is 1. The van der Waals surface area contributed by atoms with Crippen LogP contribution >= 0.6 is 27.3 Å². The Morgan fingerprint density at radius 2 is 1.72 bits per heavy atom. The van der Waals surface area contributed by atoms with Crippen LogP contribution in [0.1, 0.15) is 43.5 Å². The Bertz CT molecular complexity index is 2000. The third kappa shape index (κ3) is 7.66. The van der Waals surface area contributed by atoms with E-state index in [1.54, 1.807) is 38.1 Å². The van der Waals surface area contributed by atoms with E-state index in [1.165, 1.54) is 23.0 Å². The van der Waals surface area contributed by atoms with Crippen molar-refractivity contribution in [3.05, 3.63) is 119 Å². The summed E-state index contributed by atoms with van der Waals surface area (Å²) < 4.78 is 30.5. The van der Waals surface area contributed by atoms with Gasteiger partial charge in [-0.25, -0.2) is 14.6 Å². The van der Waals surface area contributed by atoms with Gasteiger partial charge in [0.15, 0.2) is 22.9 Å². The Morgan fingerprint density at radius 1 is 0.957 bits per heavy atom. The van der Waals surface area contributed by atoms with E-state index in [1.807, 2.05) is 55.5 Å². The second-order valence-electron chi connectivity index (χ2n) is 10.3. The number of ether oxygens (including phenoxy) is 5. The van der Waals surface area contributed by atoms with Crippen molar-refractivity contribution in [3.63, 3.8) is 0 Å². The minimum Gasteiger partial charge on any atom is -0.490 e. The van der Waals surface area contributed by atoms with Gasteiger partial charge in [-0.2, -0.15) is 0 Å². The van der Waals surface area contributed by atoms with Crippen molar-refractivity contribution in [1.29, 1.82) is 0 Å². The van der Waals surface area contributed by atoms with E-state index in [9.17, 15) is 14.4 Å². The highest BCUT2D eigenvalue weighted by atomic mass is 79.9. The van der Waals surface area contributed by atoms with Crippen molar-refractivity contribution in [3.8, 4) is 17.2 Å². The van der Waals surface area contributed by atoms with E-state index in [-0.39, 0.29) is 24.3 Å². The number of carbonyl (C=O) groups excluding carboxylic acids is 2. The molecule has 47 heavy (non-hydrogen) atoms. The molecular weight excluding hydrogens is 688 g/mol. The molecule has 10 nitrogen and oxygen atoms in total. The topological polar surface area (TPSA) is 115 Å². The van der Waals surface area contributed by atoms with Crippen LogP contribution in [-0.2, 0) is 25.7 Å². The molecule has 4 aromatic rings. The Kier molecular flexibility index (Phi) is 10.9. The largest absolute Gasteiger partial charge is 0.490 e. The number of nitrogens with zero attached hydrogens (tertiary/aromatic N) is 2. The minimum atomic E-state index is -0.877. The first-order valence-electron chi connectivity index (χ1n) is 14.9. The molecule has 2 heterocycles. The quantitative estimate of drug-likeness (QED) is 0.186. The van der Waals surface area contributed by atoms with Gasteiger partial charge in [0.25, 0.3) is 5.56 Å². The van der Waals surface area contributed by atoms with Gasteiger partial charge in [0.2, 0.25) is 0 Å². The van der Waals surface area contributed by atoms with E-state index >= 15 is 0 Å².